The third kappa shape index (κ3) is 3.09. The first kappa shape index (κ1) is 15.2. The Balaban J connectivity index is 1.90. The largest absolute Gasteiger partial charge is 0.379 e. The van der Waals surface area contributed by atoms with E-state index < -0.39 is 10.5 Å². The minimum absolute atomic E-state index is 0.0465. The standard InChI is InChI=1S/C15H13ClN4O3/c16-14-13(18-10-3-1-2-4-10)9-17-19(15(14)21)11-5-7-12(8-6-11)20(22)23/h1-2,5-10,18H,3-4H2. The van der Waals surface area contributed by atoms with E-state index in [1.807, 2.05) is 0 Å². The number of aromatic nitrogens is 2. The molecule has 1 aliphatic rings. The summed E-state index contributed by atoms with van der Waals surface area (Å²) in [7, 11) is 0. The minimum Gasteiger partial charge on any atom is -0.379 e. The van der Waals surface area contributed by atoms with Crippen molar-refractivity contribution in [3.05, 3.63) is 68.1 Å². The minimum atomic E-state index is -0.504. The first-order chi connectivity index (χ1) is 11.1. The molecule has 1 aliphatic carbocycles. The first-order valence-electron chi connectivity index (χ1n) is 7.00. The Labute approximate surface area is 136 Å². The third-order valence-corrected chi connectivity index (χ3v) is 3.96. The van der Waals surface area contributed by atoms with Gasteiger partial charge in [-0.1, -0.05) is 23.8 Å². The molecule has 1 aromatic heterocycles. The van der Waals surface area contributed by atoms with Crippen LogP contribution in [0.3, 0.4) is 0 Å². The van der Waals surface area contributed by atoms with Gasteiger partial charge in [0.1, 0.15) is 5.02 Å². The molecule has 7 nitrogen and oxygen atoms in total. The molecule has 0 saturated heterocycles. The average molecular weight is 333 g/mol. The molecular formula is C15H13ClN4O3. The molecule has 0 saturated carbocycles. The second-order valence-electron chi connectivity index (χ2n) is 5.15. The highest BCUT2D eigenvalue weighted by atomic mass is 35.5. The fourth-order valence-corrected chi connectivity index (χ4v) is 2.57. The van der Waals surface area contributed by atoms with E-state index in [0.29, 0.717) is 11.4 Å². The van der Waals surface area contributed by atoms with Crippen LogP contribution in [0.15, 0.2) is 47.4 Å². The second-order valence-corrected chi connectivity index (χ2v) is 5.52. The summed E-state index contributed by atoms with van der Waals surface area (Å²) in [6.07, 6.45) is 7.38. The van der Waals surface area contributed by atoms with Crippen molar-refractivity contribution in [3.63, 3.8) is 0 Å². The zero-order valence-electron chi connectivity index (χ0n) is 12.0. The van der Waals surface area contributed by atoms with Crippen LogP contribution in [0.5, 0.6) is 0 Å². The van der Waals surface area contributed by atoms with Crippen LogP contribution in [0.4, 0.5) is 11.4 Å². The van der Waals surface area contributed by atoms with Gasteiger partial charge in [0.05, 0.1) is 22.5 Å². The van der Waals surface area contributed by atoms with Gasteiger partial charge in [0.2, 0.25) is 0 Å². The van der Waals surface area contributed by atoms with Crippen LogP contribution in [0, 0.1) is 10.1 Å². The lowest BCUT2D eigenvalue weighted by Crippen LogP contribution is -2.24. The maximum Gasteiger partial charge on any atom is 0.292 e. The zero-order chi connectivity index (χ0) is 16.4. The van der Waals surface area contributed by atoms with Crippen LogP contribution in [0.25, 0.3) is 5.69 Å². The van der Waals surface area contributed by atoms with E-state index >= 15 is 0 Å². The summed E-state index contributed by atoms with van der Waals surface area (Å²) in [4.78, 5) is 22.5. The molecule has 0 spiro atoms. The molecule has 0 unspecified atom stereocenters. The van der Waals surface area contributed by atoms with Gasteiger partial charge in [-0.3, -0.25) is 14.9 Å². The number of nitrogens with one attached hydrogen (secondary N) is 1. The SMILES string of the molecule is O=c1c(Cl)c(NC2CC=CC2)cnn1-c1ccc([N+](=O)[O-])cc1. The summed E-state index contributed by atoms with van der Waals surface area (Å²) in [5.41, 5.74) is 0.372. The van der Waals surface area contributed by atoms with Crippen LogP contribution in [0.1, 0.15) is 12.8 Å². The second kappa shape index (κ2) is 6.21. The topological polar surface area (TPSA) is 90.1 Å². The Kier molecular flexibility index (Phi) is 4.12. The summed E-state index contributed by atoms with van der Waals surface area (Å²) in [5.74, 6) is 0. The number of hydrogen-bond donors (Lipinski definition) is 1. The number of nitro benzene ring substituents is 1. The van der Waals surface area contributed by atoms with E-state index in [-0.39, 0.29) is 16.8 Å². The van der Waals surface area contributed by atoms with E-state index in [9.17, 15) is 14.9 Å². The summed E-state index contributed by atoms with van der Waals surface area (Å²) in [6, 6.07) is 5.75. The molecule has 0 bridgehead atoms. The molecule has 2 aromatic rings. The summed E-state index contributed by atoms with van der Waals surface area (Å²) in [6.45, 7) is 0. The summed E-state index contributed by atoms with van der Waals surface area (Å²) in [5, 5.41) is 18.0. The highest BCUT2D eigenvalue weighted by Crippen LogP contribution is 2.22. The van der Waals surface area contributed by atoms with Crippen molar-refractivity contribution in [2.45, 2.75) is 18.9 Å². The Hall–Kier alpha value is -2.67. The fourth-order valence-electron chi connectivity index (χ4n) is 2.39. The number of benzene rings is 1. The highest BCUT2D eigenvalue weighted by molar-refractivity contribution is 6.33. The van der Waals surface area contributed by atoms with Crippen molar-refractivity contribution in [2.24, 2.45) is 0 Å². The quantitative estimate of drug-likeness (QED) is 0.528. The van der Waals surface area contributed by atoms with Crippen molar-refractivity contribution in [1.29, 1.82) is 0 Å². The zero-order valence-corrected chi connectivity index (χ0v) is 12.7. The van der Waals surface area contributed by atoms with Gasteiger partial charge >= 0.3 is 0 Å². The number of halogens is 1. The predicted molar refractivity (Wildman–Crippen MR) is 87.3 cm³/mol. The third-order valence-electron chi connectivity index (χ3n) is 3.59. The number of rotatable bonds is 4. The van der Waals surface area contributed by atoms with Gasteiger partial charge in [0, 0.05) is 18.2 Å². The van der Waals surface area contributed by atoms with Crippen molar-refractivity contribution in [1.82, 2.24) is 9.78 Å². The summed E-state index contributed by atoms with van der Waals surface area (Å²) >= 11 is 6.14. The molecule has 23 heavy (non-hydrogen) atoms. The lowest BCUT2D eigenvalue weighted by Gasteiger charge is -2.15. The van der Waals surface area contributed by atoms with Crippen molar-refractivity contribution >= 4 is 23.0 Å². The van der Waals surface area contributed by atoms with Gasteiger partial charge in [0.25, 0.3) is 11.2 Å². The molecular weight excluding hydrogens is 320 g/mol. The van der Waals surface area contributed by atoms with E-state index in [2.05, 4.69) is 22.6 Å². The Morgan fingerprint density at radius 1 is 1.26 bits per heavy atom. The number of nitro groups is 1. The first-order valence-corrected chi connectivity index (χ1v) is 7.38. The predicted octanol–water partition coefficient (Wildman–Crippen LogP) is 2.92. The molecule has 1 aromatic carbocycles. The molecule has 1 heterocycles. The maximum atomic E-state index is 12.4. The normalized spacial score (nSPS) is 14.1. The van der Waals surface area contributed by atoms with Crippen LogP contribution in [-0.4, -0.2) is 20.7 Å². The molecule has 8 heteroatoms. The van der Waals surface area contributed by atoms with Crippen molar-refractivity contribution < 1.29 is 4.92 Å². The Bertz CT molecular complexity index is 822. The number of non-ortho nitro benzene ring substituents is 1. The average Bonchev–Trinajstić information content (AvgIpc) is 3.05. The maximum absolute atomic E-state index is 12.4. The number of hydrogen-bond acceptors (Lipinski definition) is 5. The monoisotopic (exact) mass is 332 g/mol. The molecule has 0 aliphatic heterocycles. The van der Waals surface area contributed by atoms with Gasteiger partial charge in [-0.25, -0.2) is 0 Å². The molecule has 3 rings (SSSR count). The molecule has 0 amide bonds. The van der Waals surface area contributed by atoms with Gasteiger partial charge in [0.15, 0.2) is 0 Å². The molecule has 0 radical (unpaired) electrons. The Morgan fingerprint density at radius 3 is 2.52 bits per heavy atom. The summed E-state index contributed by atoms with van der Waals surface area (Å²) < 4.78 is 1.12. The van der Waals surface area contributed by atoms with Crippen LogP contribution < -0.4 is 10.9 Å². The van der Waals surface area contributed by atoms with Gasteiger partial charge in [-0.15, -0.1) is 0 Å². The lowest BCUT2D eigenvalue weighted by atomic mass is 10.2. The van der Waals surface area contributed by atoms with E-state index in [1.165, 1.54) is 30.5 Å². The van der Waals surface area contributed by atoms with Crippen molar-refractivity contribution in [2.75, 3.05) is 5.32 Å². The Morgan fingerprint density at radius 2 is 1.91 bits per heavy atom. The van der Waals surface area contributed by atoms with E-state index in [0.717, 1.165) is 17.5 Å². The fraction of sp³-hybridized carbons (Fsp3) is 0.200. The van der Waals surface area contributed by atoms with Crippen LogP contribution in [-0.2, 0) is 0 Å². The smallest absolute Gasteiger partial charge is 0.292 e. The van der Waals surface area contributed by atoms with Crippen LogP contribution >= 0.6 is 11.6 Å². The van der Waals surface area contributed by atoms with Gasteiger partial charge in [-0.05, 0) is 25.0 Å². The van der Waals surface area contributed by atoms with Crippen molar-refractivity contribution in [3.8, 4) is 5.69 Å². The number of nitrogens with zero attached hydrogens (tertiary/aromatic N) is 3. The molecule has 0 atom stereocenters. The molecule has 118 valence electrons. The van der Waals surface area contributed by atoms with E-state index in [1.54, 1.807) is 0 Å². The van der Waals surface area contributed by atoms with Gasteiger partial charge < -0.3 is 5.32 Å². The van der Waals surface area contributed by atoms with Gasteiger partial charge in [-0.2, -0.15) is 9.78 Å². The lowest BCUT2D eigenvalue weighted by molar-refractivity contribution is -0.384. The van der Waals surface area contributed by atoms with E-state index in [4.69, 9.17) is 11.6 Å². The number of anilines is 1. The highest BCUT2D eigenvalue weighted by Gasteiger charge is 2.16. The molecule has 1 N–H and O–H groups in total. The molecule has 0 fully saturated rings. The van der Waals surface area contributed by atoms with Crippen LogP contribution in [0.2, 0.25) is 5.02 Å².